The van der Waals surface area contributed by atoms with Crippen LogP contribution in [0, 0.1) is 0 Å². The van der Waals surface area contributed by atoms with E-state index in [1.807, 2.05) is 0 Å². The third-order valence-electron chi connectivity index (χ3n) is 1.47. The molecule has 1 saturated heterocycles. The summed E-state index contributed by atoms with van der Waals surface area (Å²) in [6.07, 6.45) is 4.98. The number of hydrogen-bond donors (Lipinski definition) is 1. The van der Waals surface area contributed by atoms with Crippen molar-refractivity contribution < 1.29 is 0 Å². The lowest BCUT2D eigenvalue weighted by Gasteiger charge is -2.22. The molecule has 0 amide bonds. The lowest BCUT2D eigenvalue weighted by atomic mass is 10.4. The predicted octanol–water partition coefficient (Wildman–Crippen LogP) is 1.09. The zero-order chi connectivity index (χ0) is 5.33. The van der Waals surface area contributed by atoms with Gasteiger partial charge in [-0.1, -0.05) is 0 Å². The van der Waals surface area contributed by atoms with Gasteiger partial charge in [0.2, 0.25) is 0 Å². The number of hydrogen-bond acceptors (Lipinski definition) is 1. The van der Waals surface area contributed by atoms with Crippen molar-refractivity contribution in [1.29, 1.82) is 0 Å². The van der Waals surface area contributed by atoms with E-state index in [0.29, 0.717) is 0 Å². The van der Waals surface area contributed by atoms with E-state index in [-0.39, 0.29) is 0 Å². The molecule has 0 radical (unpaired) electrons. The summed E-state index contributed by atoms with van der Waals surface area (Å²) in [6.45, 7) is 0. The van der Waals surface area contributed by atoms with E-state index in [0.717, 1.165) is 0 Å². The van der Waals surface area contributed by atoms with Crippen molar-refractivity contribution in [2.75, 3.05) is 17.8 Å². The summed E-state index contributed by atoms with van der Waals surface area (Å²) in [6, 6.07) is 0. The molecule has 7 heavy (non-hydrogen) atoms. The van der Waals surface area contributed by atoms with Crippen molar-refractivity contribution in [3.8, 4) is 0 Å². The van der Waals surface area contributed by atoms with Gasteiger partial charge < -0.3 is 0 Å². The van der Waals surface area contributed by atoms with Crippen LogP contribution in [0.4, 0.5) is 0 Å². The van der Waals surface area contributed by atoms with Crippen molar-refractivity contribution in [3.05, 3.63) is 0 Å². The Hall–Kier alpha value is 0.310. The van der Waals surface area contributed by atoms with Crippen LogP contribution in [0.3, 0.4) is 0 Å². The van der Waals surface area contributed by atoms with E-state index in [2.05, 4.69) is 6.26 Å². The Kier molecular flexibility index (Phi) is 1.30. The lowest BCUT2D eigenvalue weighted by molar-refractivity contribution is 0.949. The first-order valence-electron chi connectivity index (χ1n) is 2.72. The highest BCUT2D eigenvalue weighted by atomic mass is 32.3. The second-order valence-electron chi connectivity index (χ2n) is 2.47. The van der Waals surface area contributed by atoms with Crippen LogP contribution >= 0.6 is 10.2 Å². The van der Waals surface area contributed by atoms with Gasteiger partial charge in [0, 0.05) is 0 Å². The van der Waals surface area contributed by atoms with Crippen LogP contribution in [0.15, 0.2) is 0 Å². The van der Waals surface area contributed by atoms with Crippen LogP contribution in [-0.2, 0) is 0 Å². The Labute approximate surface area is 46.7 Å². The quantitative estimate of drug-likeness (QED) is 0.507. The zero-order valence-corrected chi connectivity index (χ0v) is 5.63. The highest BCUT2D eigenvalue weighted by Crippen LogP contribution is 2.42. The largest absolute Gasteiger partial charge is 0.294 e. The van der Waals surface area contributed by atoms with Gasteiger partial charge in [-0.05, 0) is 30.6 Å². The van der Waals surface area contributed by atoms with Gasteiger partial charge in [0.15, 0.2) is 0 Å². The zero-order valence-electron chi connectivity index (χ0n) is 4.81. The molecule has 0 aromatic heterocycles. The van der Waals surface area contributed by atoms with Gasteiger partial charge in [-0.3, -0.25) is 5.14 Å². The van der Waals surface area contributed by atoms with E-state index in [1.165, 1.54) is 24.3 Å². The molecule has 1 aliphatic heterocycles. The Morgan fingerprint density at radius 3 is 1.86 bits per heavy atom. The molecule has 1 fully saturated rings. The number of nitrogens with two attached hydrogens (primary N) is 1. The Morgan fingerprint density at radius 2 is 1.71 bits per heavy atom. The van der Waals surface area contributed by atoms with Crippen LogP contribution in [0.5, 0.6) is 0 Å². The number of rotatable bonds is 0. The van der Waals surface area contributed by atoms with E-state index in [4.69, 9.17) is 5.14 Å². The van der Waals surface area contributed by atoms with Crippen LogP contribution in [-0.4, -0.2) is 17.8 Å². The van der Waals surface area contributed by atoms with Gasteiger partial charge in [-0.2, -0.15) is 10.2 Å². The second kappa shape index (κ2) is 1.67. The van der Waals surface area contributed by atoms with Gasteiger partial charge in [-0.25, -0.2) is 0 Å². The van der Waals surface area contributed by atoms with Crippen LogP contribution in [0.25, 0.3) is 0 Å². The van der Waals surface area contributed by atoms with Crippen molar-refractivity contribution in [1.82, 2.24) is 0 Å². The highest BCUT2D eigenvalue weighted by Gasteiger charge is 2.16. The fraction of sp³-hybridized carbons (Fsp3) is 1.00. The summed E-state index contributed by atoms with van der Waals surface area (Å²) in [5, 5.41) is 5.86. The van der Waals surface area contributed by atoms with Gasteiger partial charge in [0.25, 0.3) is 0 Å². The van der Waals surface area contributed by atoms with E-state index in [9.17, 15) is 0 Å². The smallest absolute Gasteiger partial charge is 0.0114 e. The molecule has 2 N–H and O–H groups in total. The molecular weight excluding hydrogens is 106 g/mol. The Bertz CT molecular complexity index is 62.5. The average Bonchev–Trinajstić information content (AvgIpc) is 1.84. The Morgan fingerprint density at radius 1 is 1.29 bits per heavy atom. The highest BCUT2D eigenvalue weighted by molar-refractivity contribution is 8.31. The van der Waals surface area contributed by atoms with E-state index in [1.54, 1.807) is 0 Å². The maximum Gasteiger partial charge on any atom is -0.0114 e. The van der Waals surface area contributed by atoms with E-state index < -0.39 is 10.2 Å². The van der Waals surface area contributed by atoms with Crippen LogP contribution < -0.4 is 5.14 Å². The molecule has 1 rings (SSSR count). The molecule has 0 atom stereocenters. The monoisotopic (exact) mass is 119 g/mol. The average molecular weight is 119 g/mol. The Balaban J connectivity index is 2.40. The van der Waals surface area contributed by atoms with Gasteiger partial charge in [0.05, 0.1) is 0 Å². The van der Waals surface area contributed by atoms with Crippen molar-refractivity contribution in [2.24, 2.45) is 5.14 Å². The molecule has 1 heterocycles. The molecule has 1 aliphatic rings. The minimum Gasteiger partial charge on any atom is -0.294 e. The lowest BCUT2D eigenvalue weighted by Crippen LogP contribution is -2.09. The molecule has 1 nitrogen and oxygen atoms in total. The third-order valence-corrected chi connectivity index (χ3v) is 3.91. The van der Waals surface area contributed by atoms with Crippen molar-refractivity contribution in [3.63, 3.8) is 0 Å². The van der Waals surface area contributed by atoms with Gasteiger partial charge >= 0.3 is 0 Å². The molecule has 2 heteroatoms. The first-order valence-corrected chi connectivity index (χ1v) is 5.16. The molecule has 0 aromatic carbocycles. The molecule has 44 valence electrons. The minimum absolute atomic E-state index is 0.546. The first-order chi connectivity index (χ1) is 3.21. The fourth-order valence-corrected chi connectivity index (χ4v) is 2.90. The summed E-state index contributed by atoms with van der Waals surface area (Å²) in [5.41, 5.74) is 0. The summed E-state index contributed by atoms with van der Waals surface area (Å²) in [5.74, 6) is 2.62. The summed E-state index contributed by atoms with van der Waals surface area (Å²) >= 11 is 0. The van der Waals surface area contributed by atoms with E-state index >= 15 is 0 Å². The maximum absolute atomic E-state index is 5.86. The molecule has 0 spiro atoms. The van der Waals surface area contributed by atoms with Crippen molar-refractivity contribution in [2.45, 2.75) is 12.8 Å². The molecular formula is C5H13NS. The van der Waals surface area contributed by atoms with Crippen LogP contribution in [0.2, 0.25) is 0 Å². The predicted molar refractivity (Wildman–Crippen MR) is 36.7 cm³/mol. The third kappa shape index (κ3) is 1.35. The maximum atomic E-state index is 5.86. The minimum atomic E-state index is -0.546. The molecule has 0 aromatic rings. The first kappa shape index (κ1) is 5.45. The molecule has 0 bridgehead atoms. The summed E-state index contributed by atoms with van der Waals surface area (Å²) in [4.78, 5) is 0. The second-order valence-corrected chi connectivity index (χ2v) is 5.98. The fourth-order valence-electron chi connectivity index (χ4n) is 0.966. The van der Waals surface area contributed by atoms with Crippen molar-refractivity contribution >= 4 is 10.2 Å². The standard InChI is InChI=1S/C5H13NS/c1-7(6)4-2-3-5-7/h2-6H2,1H3. The SMILES string of the molecule is CS1(N)CCCC1. The summed E-state index contributed by atoms with van der Waals surface area (Å²) in [7, 11) is -0.546. The molecule has 0 saturated carbocycles. The topological polar surface area (TPSA) is 26.0 Å². The van der Waals surface area contributed by atoms with Crippen LogP contribution in [0.1, 0.15) is 12.8 Å². The normalized spacial score (nSPS) is 32.9. The summed E-state index contributed by atoms with van der Waals surface area (Å²) < 4.78 is 0. The van der Waals surface area contributed by atoms with Gasteiger partial charge in [-0.15, -0.1) is 0 Å². The molecule has 0 unspecified atom stereocenters. The molecule has 0 aliphatic carbocycles. The van der Waals surface area contributed by atoms with Gasteiger partial charge in [0.1, 0.15) is 0 Å².